The zero-order valence-corrected chi connectivity index (χ0v) is 15.5. The molecule has 0 radical (unpaired) electrons. The van der Waals surface area contributed by atoms with Crippen LogP contribution in [0.25, 0.3) is 6.08 Å². The number of methoxy groups -OCH3 is 1. The van der Waals surface area contributed by atoms with Gasteiger partial charge in [0.25, 0.3) is 5.69 Å². The number of carbonyl (C=O) groups is 1. The Kier molecular flexibility index (Phi) is 6.70. The maximum absolute atomic E-state index is 11.5. The molecule has 0 fully saturated rings. The van der Waals surface area contributed by atoms with Crippen molar-refractivity contribution in [2.24, 2.45) is 0 Å². The van der Waals surface area contributed by atoms with E-state index in [2.05, 4.69) is 14.9 Å². The van der Waals surface area contributed by atoms with Gasteiger partial charge in [0.15, 0.2) is 5.82 Å². The molecule has 146 valence electrons. The molecule has 0 bridgehead atoms. The van der Waals surface area contributed by atoms with Crippen LogP contribution in [0.4, 0.5) is 17.2 Å². The van der Waals surface area contributed by atoms with Crippen LogP contribution in [-0.2, 0) is 16.0 Å². The van der Waals surface area contributed by atoms with Crippen molar-refractivity contribution in [1.82, 2.24) is 10.2 Å². The monoisotopic (exact) mass is 384 g/mol. The molecule has 0 unspecified atom stereocenters. The van der Waals surface area contributed by atoms with E-state index in [1.54, 1.807) is 24.1 Å². The molecule has 10 heteroatoms. The number of nitrogens with zero attached hydrogens (tertiary/aromatic N) is 4. The minimum Gasteiger partial charge on any atom is -0.466 e. The van der Waals surface area contributed by atoms with Crippen LogP contribution in [0.3, 0.4) is 0 Å². The second-order valence-electron chi connectivity index (χ2n) is 5.96. The Morgan fingerprint density at radius 1 is 1.54 bits per heavy atom. The Bertz CT molecular complexity index is 944. The average Bonchev–Trinajstić information content (AvgIpc) is 3.05. The number of aryl methyl sites for hydroxylation is 1. The molecule has 1 heterocycles. The first-order chi connectivity index (χ1) is 13.4. The molecule has 1 aromatic heterocycles. The number of hydrogen-bond acceptors (Lipinski definition) is 8. The van der Waals surface area contributed by atoms with Crippen LogP contribution >= 0.6 is 0 Å². The van der Waals surface area contributed by atoms with Gasteiger partial charge in [0.1, 0.15) is 17.3 Å². The SMILES string of the molecule is COC(=O)/C=C/c1ccc(N(C)CCCc2[nH]nc(N)c2C#N)c([N+](=O)[O-])c1. The lowest BCUT2D eigenvalue weighted by atomic mass is 10.1. The molecule has 0 aliphatic heterocycles. The number of nitrogens with two attached hydrogens (primary N) is 1. The van der Waals surface area contributed by atoms with Crippen LogP contribution < -0.4 is 10.6 Å². The molecule has 0 atom stereocenters. The largest absolute Gasteiger partial charge is 0.466 e. The molecule has 0 amide bonds. The van der Waals surface area contributed by atoms with E-state index in [4.69, 9.17) is 11.0 Å². The number of nitriles is 1. The molecular formula is C18H20N6O4. The zero-order chi connectivity index (χ0) is 20.7. The maximum Gasteiger partial charge on any atom is 0.330 e. The number of H-pyrrole nitrogens is 1. The molecule has 0 aliphatic carbocycles. The third-order valence-electron chi connectivity index (χ3n) is 4.12. The summed E-state index contributed by atoms with van der Waals surface area (Å²) in [7, 11) is 3.00. The fraction of sp³-hybridized carbons (Fsp3) is 0.278. The molecule has 3 N–H and O–H groups in total. The Labute approximate surface area is 161 Å². The maximum atomic E-state index is 11.5. The first-order valence-corrected chi connectivity index (χ1v) is 8.35. The van der Waals surface area contributed by atoms with Gasteiger partial charge < -0.3 is 15.4 Å². The van der Waals surface area contributed by atoms with E-state index in [0.29, 0.717) is 41.9 Å². The third kappa shape index (κ3) is 4.85. The standard InChI is InChI=1S/C18H20N6O4/c1-23(9-3-4-14-13(11-19)18(20)22-21-14)15-7-5-12(6-8-17(25)28-2)10-16(15)24(26)27/h5-8,10H,3-4,9H2,1-2H3,(H3,20,21,22)/b8-6+. The number of nitrogens with one attached hydrogen (secondary N) is 1. The van der Waals surface area contributed by atoms with Gasteiger partial charge in [0.2, 0.25) is 0 Å². The zero-order valence-electron chi connectivity index (χ0n) is 15.5. The first kappa shape index (κ1) is 20.4. The van der Waals surface area contributed by atoms with Gasteiger partial charge in [-0.25, -0.2) is 4.79 Å². The van der Waals surface area contributed by atoms with E-state index < -0.39 is 10.9 Å². The van der Waals surface area contributed by atoms with Crippen molar-refractivity contribution in [3.63, 3.8) is 0 Å². The summed E-state index contributed by atoms with van der Waals surface area (Å²) in [4.78, 5) is 23.9. The molecule has 0 saturated carbocycles. The average molecular weight is 384 g/mol. The molecule has 1 aromatic carbocycles. The first-order valence-electron chi connectivity index (χ1n) is 8.35. The smallest absolute Gasteiger partial charge is 0.330 e. The summed E-state index contributed by atoms with van der Waals surface area (Å²) in [6.07, 6.45) is 3.82. The van der Waals surface area contributed by atoms with Crippen LogP contribution in [0.5, 0.6) is 0 Å². The van der Waals surface area contributed by atoms with Gasteiger partial charge in [-0.1, -0.05) is 6.07 Å². The molecule has 10 nitrogen and oxygen atoms in total. The van der Waals surface area contributed by atoms with Crippen molar-refractivity contribution < 1.29 is 14.5 Å². The summed E-state index contributed by atoms with van der Waals surface area (Å²) < 4.78 is 4.51. The molecule has 0 saturated heterocycles. The van der Waals surface area contributed by atoms with Crippen LogP contribution in [0.15, 0.2) is 24.3 Å². The van der Waals surface area contributed by atoms with Crippen LogP contribution in [0.2, 0.25) is 0 Å². The minimum absolute atomic E-state index is 0.0713. The number of aromatic nitrogens is 2. The highest BCUT2D eigenvalue weighted by Gasteiger charge is 2.18. The predicted molar refractivity (Wildman–Crippen MR) is 103 cm³/mol. The number of hydrogen-bond donors (Lipinski definition) is 2. The second-order valence-corrected chi connectivity index (χ2v) is 5.96. The van der Waals surface area contributed by atoms with Gasteiger partial charge in [-0.05, 0) is 30.5 Å². The van der Waals surface area contributed by atoms with Crippen LogP contribution in [-0.4, -0.2) is 41.8 Å². The van der Waals surface area contributed by atoms with E-state index in [-0.39, 0.29) is 11.5 Å². The molecule has 0 spiro atoms. The molecule has 0 aliphatic rings. The van der Waals surface area contributed by atoms with Gasteiger partial charge in [-0.2, -0.15) is 10.4 Å². The van der Waals surface area contributed by atoms with Gasteiger partial charge in [-0.3, -0.25) is 15.2 Å². The quantitative estimate of drug-likeness (QED) is 0.303. The summed E-state index contributed by atoms with van der Waals surface area (Å²) in [5.74, 6) is -0.378. The lowest BCUT2D eigenvalue weighted by molar-refractivity contribution is -0.384. The summed E-state index contributed by atoms with van der Waals surface area (Å²) in [5, 5.41) is 27.1. The van der Waals surface area contributed by atoms with E-state index in [9.17, 15) is 14.9 Å². The lowest BCUT2D eigenvalue weighted by Gasteiger charge is -2.19. The number of rotatable bonds is 8. The van der Waals surface area contributed by atoms with Gasteiger partial charge in [0.05, 0.1) is 17.7 Å². The van der Waals surface area contributed by atoms with Crippen LogP contribution in [0.1, 0.15) is 23.2 Å². The van der Waals surface area contributed by atoms with Crippen molar-refractivity contribution in [1.29, 1.82) is 5.26 Å². The second kappa shape index (κ2) is 9.18. The number of nitro groups is 1. The minimum atomic E-state index is -0.542. The van der Waals surface area contributed by atoms with Crippen LogP contribution in [0, 0.1) is 21.4 Å². The highest BCUT2D eigenvalue weighted by Crippen LogP contribution is 2.29. The highest BCUT2D eigenvalue weighted by atomic mass is 16.6. The Morgan fingerprint density at radius 2 is 2.29 bits per heavy atom. The highest BCUT2D eigenvalue weighted by molar-refractivity contribution is 5.87. The number of carbonyl (C=O) groups excluding carboxylic acids is 1. The molecule has 28 heavy (non-hydrogen) atoms. The summed E-state index contributed by atoms with van der Waals surface area (Å²) in [5.41, 5.74) is 7.48. The Morgan fingerprint density at radius 3 is 2.93 bits per heavy atom. The van der Waals surface area contributed by atoms with Crippen molar-refractivity contribution in [3.05, 3.63) is 51.2 Å². The van der Waals surface area contributed by atoms with Gasteiger partial charge >= 0.3 is 5.97 Å². The number of nitro benzene ring substituents is 1. The van der Waals surface area contributed by atoms with Crippen molar-refractivity contribution in [2.75, 3.05) is 31.3 Å². The number of esters is 1. The van der Waals surface area contributed by atoms with Gasteiger partial charge in [-0.15, -0.1) is 0 Å². The molecule has 2 aromatic rings. The summed E-state index contributed by atoms with van der Waals surface area (Å²) >= 11 is 0. The third-order valence-corrected chi connectivity index (χ3v) is 4.12. The number of nitrogen functional groups attached to an aromatic ring is 1. The predicted octanol–water partition coefficient (Wildman–Crippen LogP) is 2.03. The van der Waals surface area contributed by atoms with E-state index >= 15 is 0 Å². The van der Waals surface area contributed by atoms with Crippen molar-refractivity contribution >= 4 is 29.2 Å². The van der Waals surface area contributed by atoms with Gasteiger partial charge in [0, 0.05) is 25.7 Å². The summed E-state index contributed by atoms with van der Waals surface area (Å²) in [6.45, 7) is 0.516. The van der Waals surface area contributed by atoms with E-state index in [1.165, 1.54) is 25.3 Å². The number of aromatic amines is 1. The lowest BCUT2D eigenvalue weighted by Crippen LogP contribution is -2.20. The fourth-order valence-corrected chi connectivity index (χ4v) is 2.66. The number of benzene rings is 1. The number of anilines is 2. The Balaban J connectivity index is 2.10. The van der Waals surface area contributed by atoms with E-state index in [0.717, 1.165) is 0 Å². The fourth-order valence-electron chi connectivity index (χ4n) is 2.66. The topological polar surface area (TPSA) is 151 Å². The number of ether oxygens (including phenoxy) is 1. The molecule has 2 rings (SSSR count). The summed E-state index contributed by atoms with van der Waals surface area (Å²) in [6, 6.07) is 6.72. The van der Waals surface area contributed by atoms with Crippen molar-refractivity contribution in [2.45, 2.75) is 12.8 Å². The van der Waals surface area contributed by atoms with E-state index in [1.807, 2.05) is 6.07 Å². The normalized spacial score (nSPS) is 10.6. The van der Waals surface area contributed by atoms with Crippen molar-refractivity contribution in [3.8, 4) is 6.07 Å². The molecular weight excluding hydrogens is 364 g/mol. The Hall–Kier alpha value is -3.87.